The van der Waals surface area contributed by atoms with Gasteiger partial charge in [0.25, 0.3) is 5.56 Å². The second-order valence-corrected chi connectivity index (χ2v) is 7.74. The number of thiophene rings is 1. The van der Waals surface area contributed by atoms with Crippen LogP contribution < -0.4 is 11.3 Å². The number of nitrogens with two attached hydrogens (primary N) is 1. The van der Waals surface area contributed by atoms with E-state index in [1.807, 2.05) is 25.3 Å². The first-order chi connectivity index (χ1) is 12.9. The third kappa shape index (κ3) is 2.72. The molecular formula is C21H19FN2O2S. The van der Waals surface area contributed by atoms with E-state index in [4.69, 9.17) is 5.73 Å². The lowest BCUT2D eigenvalue weighted by Gasteiger charge is -2.15. The normalized spacial score (nSPS) is 12.7. The third-order valence-corrected chi connectivity index (χ3v) is 5.97. The number of aromatic nitrogens is 1. The summed E-state index contributed by atoms with van der Waals surface area (Å²) in [6.45, 7) is 4.05. The van der Waals surface area contributed by atoms with Crippen LogP contribution in [0.5, 0.6) is 5.75 Å². The van der Waals surface area contributed by atoms with Gasteiger partial charge in [-0.05, 0) is 59.7 Å². The van der Waals surface area contributed by atoms with Crippen molar-refractivity contribution >= 4 is 32.3 Å². The molecule has 6 heteroatoms. The molecule has 2 heterocycles. The third-order valence-electron chi connectivity index (χ3n) is 5.06. The second-order valence-electron chi connectivity index (χ2n) is 6.83. The largest absolute Gasteiger partial charge is 0.507 e. The number of halogens is 1. The van der Waals surface area contributed by atoms with Gasteiger partial charge in [-0.3, -0.25) is 4.79 Å². The Hall–Kier alpha value is -2.70. The Morgan fingerprint density at radius 2 is 2.07 bits per heavy atom. The van der Waals surface area contributed by atoms with E-state index in [9.17, 15) is 14.3 Å². The predicted molar refractivity (Wildman–Crippen MR) is 109 cm³/mol. The van der Waals surface area contributed by atoms with Crippen LogP contribution in [0, 0.1) is 12.7 Å². The lowest BCUT2D eigenvalue weighted by molar-refractivity contribution is 0.477. The summed E-state index contributed by atoms with van der Waals surface area (Å²) in [6.07, 6.45) is 0. The minimum atomic E-state index is -0.357. The molecular weight excluding hydrogens is 363 g/mol. The topological polar surface area (TPSA) is 79.1 Å². The summed E-state index contributed by atoms with van der Waals surface area (Å²) in [5.74, 6) is -0.398. The highest BCUT2D eigenvalue weighted by Gasteiger charge is 2.19. The van der Waals surface area contributed by atoms with Crippen LogP contribution in [0.2, 0.25) is 0 Å². The van der Waals surface area contributed by atoms with Crippen molar-refractivity contribution in [3.05, 3.63) is 63.0 Å². The molecule has 0 saturated heterocycles. The van der Waals surface area contributed by atoms with Crippen LogP contribution in [-0.2, 0) is 0 Å². The molecule has 4 rings (SSSR count). The van der Waals surface area contributed by atoms with Gasteiger partial charge in [-0.15, -0.1) is 11.3 Å². The van der Waals surface area contributed by atoms with E-state index < -0.39 is 0 Å². The van der Waals surface area contributed by atoms with Crippen molar-refractivity contribution in [3.8, 4) is 16.9 Å². The molecule has 0 amide bonds. The van der Waals surface area contributed by atoms with Gasteiger partial charge >= 0.3 is 0 Å². The molecule has 1 unspecified atom stereocenters. The van der Waals surface area contributed by atoms with Gasteiger partial charge < -0.3 is 15.8 Å². The van der Waals surface area contributed by atoms with Crippen LogP contribution >= 0.6 is 11.3 Å². The zero-order valence-electron chi connectivity index (χ0n) is 15.0. The lowest BCUT2D eigenvalue weighted by atomic mass is 9.92. The summed E-state index contributed by atoms with van der Waals surface area (Å²) < 4.78 is 15.3. The fraction of sp³-hybridized carbons (Fsp3) is 0.190. The number of hydrogen-bond acceptors (Lipinski definition) is 4. The number of phenols is 1. The van der Waals surface area contributed by atoms with E-state index in [1.165, 1.54) is 17.4 Å². The summed E-state index contributed by atoms with van der Waals surface area (Å²) in [4.78, 5) is 15.3. The van der Waals surface area contributed by atoms with Gasteiger partial charge in [0.2, 0.25) is 0 Å². The molecule has 0 fully saturated rings. The number of aromatic amines is 1. The van der Waals surface area contributed by atoms with Crippen molar-refractivity contribution in [1.29, 1.82) is 0 Å². The van der Waals surface area contributed by atoms with E-state index in [2.05, 4.69) is 4.98 Å². The molecule has 4 aromatic rings. The zero-order valence-corrected chi connectivity index (χ0v) is 15.8. The molecule has 0 aliphatic carbocycles. The molecule has 0 aliphatic heterocycles. The van der Waals surface area contributed by atoms with E-state index in [-0.39, 0.29) is 23.0 Å². The molecule has 0 spiro atoms. The van der Waals surface area contributed by atoms with Crippen molar-refractivity contribution in [1.82, 2.24) is 4.98 Å². The first-order valence-corrected chi connectivity index (χ1v) is 9.56. The molecule has 0 bridgehead atoms. The second kappa shape index (κ2) is 6.48. The molecule has 0 saturated carbocycles. The minimum absolute atomic E-state index is 0.0542. The molecule has 0 radical (unpaired) electrons. The van der Waals surface area contributed by atoms with Gasteiger partial charge in [-0.1, -0.05) is 19.1 Å². The minimum Gasteiger partial charge on any atom is -0.507 e. The number of H-pyrrole nitrogens is 1. The molecule has 27 heavy (non-hydrogen) atoms. The van der Waals surface area contributed by atoms with Gasteiger partial charge in [0.05, 0.1) is 5.52 Å². The van der Waals surface area contributed by atoms with Gasteiger partial charge in [0.15, 0.2) is 0 Å². The summed E-state index contributed by atoms with van der Waals surface area (Å²) in [5, 5.41) is 14.0. The number of phenolic OH excluding ortho intramolecular Hbond substituents is 1. The Bertz CT molecular complexity index is 1240. The van der Waals surface area contributed by atoms with Crippen LogP contribution in [0.15, 0.2) is 40.5 Å². The number of fused-ring (bicyclic) bond motifs is 3. The summed E-state index contributed by atoms with van der Waals surface area (Å²) >= 11 is 1.34. The molecule has 0 aliphatic rings. The number of hydrogen-bond donors (Lipinski definition) is 3. The summed E-state index contributed by atoms with van der Waals surface area (Å²) in [6, 6.07) is 8.39. The van der Waals surface area contributed by atoms with E-state index in [0.29, 0.717) is 33.5 Å². The monoisotopic (exact) mass is 382 g/mol. The van der Waals surface area contributed by atoms with Crippen molar-refractivity contribution in [2.75, 3.05) is 6.54 Å². The Labute approximate surface area is 159 Å². The first-order valence-electron chi connectivity index (χ1n) is 8.68. The maximum atomic E-state index is 14.7. The van der Waals surface area contributed by atoms with E-state index >= 15 is 0 Å². The fourth-order valence-corrected chi connectivity index (χ4v) is 4.38. The number of pyridine rings is 1. The van der Waals surface area contributed by atoms with Crippen molar-refractivity contribution in [2.45, 2.75) is 19.8 Å². The standard InChI is InChI=1S/C21H19FN2O2S/c1-10-7-16(25)17(12-3-4-13(11(2)9-23)15(22)8-12)18-14-5-6-27-20(14)21(26)24-19(10)18/h3-8,11,25H,9,23H2,1-2H3,(H,24,26). The SMILES string of the molecule is Cc1cc(O)c(-c2ccc(C(C)CN)c(F)c2)c2c1[nH]c(=O)c1sccc12. The summed E-state index contributed by atoms with van der Waals surface area (Å²) in [5.41, 5.74) is 8.53. The fourth-order valence-electron chi connectivity index (χ4n) is 3.58. The number of benzene rings is 2. The van der Waals surface area contributed by atoms with Crippen molar-refractivity contribution in [2.24, 2.45) is 5.73 Å². The average molecular weight is 382 g/mol. The van der Waals surface area contributed by atoms with Crippen LogP contribution in [-0.4, -0.2) is 16.6 Å². The zero-order chi connectivity index (χ0) is 19.3. The predicted octanol–water partition coefficient (Wildman–Crippen LogP) is 4.63. The molecule has 4 nitrogen and oxygen atoms in total. The quantitative estimate of drug-likeness (QED) is 0.483. The number of aryl methyl sites for hydroxylation is 1. The highest BCUT2D eigenvalue weighted by Crippen LogP contribution is 2.41. The average Bonchev–Trinajstić information content (AvgIpc) is 3.13. The molecule has 1 atom stereocenters. The number of rotatable bonds is 3. The van der Waals surface area contributed by atoms with Crippen LogP contribution in [0.25, 0.3) is 32.1 Å². The van der Waals surface area contributed by atoms with Crippen molar-refractivity contribution < 1.29 is 9.50 Å². The van der Waals surface area contributed by atoms with Crippen molar-refractivity contribution in [3.63, 3.8) is 0 Å². The Morgan fingerprint density at radius 3 is 2.78 bits per heavy atom. The van der Waals surface area contributed by atoms with Gasteiger partial charge in [-0.25, -0.2) is 4.39 Å². The van der Waals surface area contributed by atoms with Gasteiger partial charge in [-0.2, -0.15) is 0 Å². The summed E-state index contributed by atoms with van der Waals surface area (Å²) in [7, 11) is 0. The Morgan fingerprint density at radius 1 is 1.30 bits per heavy atom. The number of aromatic hydroxyl groups is 1. The maximum absolute atomic E-state index is 14.7. The van der Waals surface area contributed by atoms with Gasteiger partial charge in [0, 0.05) is 16.3 Å². The van der Waals surface area contributed by atoms with Crippen LogP contribution in [0.1, 0.15) is 24.0 Å². The Balaban J connectivity index is 2.09. The highest BCUT2D eigenvalue weighted by molar-refractivity contribution is 7.17. The first kappa shape index (κ1) is 17.7. The van der Waals surface area contributed by atoms with Crippen LogP contribution in [0.4, 0.5) is 4.39 Å². The molecule has 138 valence electrons. The highest BCUT2D eigenvalue weighted by atomic mass is 32.1. The molecule has 2 aromatic heterocycles. The van der Waals surface area contributed by atoms with E-state index in [0.717, 1.165) is 16.3 Å². The maximum Gasteiger partial charge on any atom is 0.266 e. The molecule has 4 N–H and O–H groups in total. The lowest BCUT2D eigenvalue weighted by Crippen LogP contribution is -2.10. The number of nitrogens with one attached hydrogen (secondary N) is 1. The van der Waals surface area contributed by atoms with E-state index in [1.54, 1.807) is 18.2 Å². The smallest absolute Gasteiger partial charge is 0.266 e. The molecule has 2 aromatic carbocycles. The van der Waals surface area contributed by atoms with Gasteiger partial charge in [0.1, 0.15) is 16.3 Å². The van der Waals surface area contributed by atoms with Crippen LogP contribution in [0.3, 0.4) is 0 Å². The Kier molecular flexibility index (Phi) is 4.25.